The molecule has 1 amide bonds. The lowest BCUT2D eigenvalue weighted by Crippen LogP contribution is -2.42. The van der Waals surface area contributed by atoms with E-state index in [4.69, 9.17) is 37.8 Å². The molecule has 192 valence electrons. The van der Waals surface area contributed by atoms with Gasteiger partial charge in [-0.25, -0.2) is 4.68 Å². The lowest BCUT2D eigenvalue weighted by atomic mass is 9.96. The molecule has 2 aromatic carbocycles. The SMILES string of the molecule is COc1cc2c(cc1-c1ccn(C)n1)-c1c(c(C(=O)N(C)C(C)(C)C)nn1-c1cc(Cl)cc(Cl)c1)OC2. The van der Waals surface area contributed by atoms with Gasteiger partial charge in [0.1, 0.15) is 18.1 Å². The van der Waals surface area contributed by atoms with Crippen LogP contribution in [0.2, 0.25) is 10.0 Å². The number of amides is 1. The van der Waals surface area contributed by atoms with Gasteiger partial charge in [-0.1, -0.05) is 23.2 Å². The Labute approximate surface area is 225 Å². The highest BCUT2D eigenvalue weighted by Crippen LogP contribution is 2.46. The van der Waals surface area contributed by atoms with E-state index < -0.39 is 5.54 Å². The predicted octanol–water partition coefficient (Wildman–Crippen LogP) is 6.02. The summed E-state index contributed by atoms with van der Waals surface area (Å²) in [7, 11) is 5.24. The number of nitrogens with zero attached hydrogens (tertiary/aromatic N) is 5. The van der Waals surface area contributed by atoms with Crippen molar-refractivity contribution in [2.75, 3.05) is 14.2 Å². The van der Waals surface area contributed by atoms with Crippen LogP contribution in [0, 0.1) is 0 Å². The highest BCUT2D eigenvalue weighted by Gasteiger charge is 2.35. The van der Waals surface area contributed by atoms with Gasteiger partial charge in [0.25, 0.3) is 5.91 Å². The summed E-state index contributed by atoms with van der Waals surface area (Å²) in [4.78, 5) is 15.3. The summed E-state index contributed by atoms with van der Waals surface area (Å²) in [6.45, 7) is 6.15. The van der Waals surface area contributed by atoms with E-state index in [1.54, 1.807) is 46.6 Å². The smallest absolute Gasteiger partial charge is 0.278 e. The van der Waals surface area contributed by atoms with E-state index in [2.05, 4.69) is 5.10 Å². The number of carbonyl (C=O) groups excluding carboxylic acids is 1. The maximum atomic E-state index is 13.6. The summed E-state index contributed by atoms with van der Waals surface area (Å²) in [6, 6.07) is 11.0. The third kappa shape index (κ3) is 4.45. The number of methoxy groups -OCH3 is 1. The number of carbonyl (C=O) groups is 1. The minimum atomic E-state index is -0.417. The third-order valence-electron chi connectivity index (χ3n) is 6.49. The minimum absolute atomic E-state index is 0.212. The highest BCUT2D eigenvalue weighted by molar-refractivity contribution is 6.34. The van der Waals surface area contributed by atoms with Crippen LogP contribution in [0.5, 0.6) is 11.5 Å². The number of rotatable bonds is 4. The molecular weight excluding hydrogens is 513 g/mol. The van der Waals surface area contributed by atoms with E-state index in [-0.39, 0.29) is 18.2 Å². The second kappa shape index (κ2) is 9.11. The molecule has 2 aromatic heterocycles. The molecule has 0 saturated carbocycles. The number of aryl methyl sites for hydroxylation is 1. The Morgan fingerprint density at radius 3 is 2.38 bits per heavy atom. The summed E-state index contributed by atoms with van der Waals surface area (Å²) >= 11 is 12.7. The second-order valence-electron chi connectivity index (χ2n) is 9.97. The van der Waals surface area contributed by atoms with Crippen molar-refractivity contribution in [3.63, 3.8) is 0 Å². The highest BCUT2D eigenvalue weighted by atomic mass is 35.5. The van der Waals surface area contributed by atoms with Crippen molar-refractivity contribution < 1.29 is 14.3 Å². The summed E-state index contributed by atoms with van der Waals surface area (Å²) in [5, 5.41) is 10.2. The minimum Gasteiger partial charge on any atom is -0.496 e. The van der Waals surface area contributed by atoms with E-state index in [0.717, 1.165) is 22.4 Å². The third-order valence-corrected chi connectivity index (χ3v) is 6.93. The maximum Gasteiger partial charge on any atom is 0.278 e. The van der Waals surface area contributed by atoms with Crippen LogP contribution in [0.3, 0.4) is 0 Å². The topological polar surface area (TPSA) is 74.4 Å². The van der Waals surface area contributed by atoms with Crippen molar-refractivity contribution in [3.8, 4) is 39.7 Å². The van der Waals surface area contributed by atoms with Crippen molar-refractivity contribution in [2.24, 2.45) is 7.05 Å². The van der Waals surface area contributed by atoms with Gasteiger partial charge in [0.15, 0.2) is 11.4 Å². The van der Waals surface area contributed by atoms with Crippen LogP contribution in [0.25, 0.3) is 28.2 Å². The van der Waals surface area contributed by atoms with Crippen LogP contribution >= 0.6 is 23.2 Å². The normalized spacial score (nSPS) is 12.5. The van der Waals surface area contributed by atoms with Crippen LogP contribution < -0.4 is 9.47 Å². The van der Waals surface area contributed by atoms with E-state index in [9.17, 15) is 4.79 Å². The number of benzene rings is 2. The van der Waals surface area contributed by atoms with Gasteiger partial charge in [-0.05, 0) is 57.2 Å². The molecule has 5 rings (SSSR count). The largest absolute Gasteiger partial charge is 0.496 e. The molecule has 0 aliphatic carbocycles. The molecular formula is C27H27Cl2N5O3. The van der Waals surface area contributed by atoms with Gasteiger partial charge in [0.05, 0.1) is 18.5 Å². The molecule has 0 radical (unpaired) electrons. The Hall–Kier alpha value is -3.49. The first-order valence-corrected chi connectivity index (χ1v) is 12.4. The van der Waals surface area contributed by atoms with Crippen LogP contribution in [0.1, 0.15) is 36.8 Å². The Morgan fingerprint density at radius 2 is 1.78 bits per heavy atom. The van der Waals surface area contributed by atoms with Gasteiger partial charge in [-0.2, -0.15) is 10.2 Å². The fourth-order valence-electron chi connectivity index (χ4n) is 4.27. The quantitative estimate of drug-likeness (QED) is 0.317. The van der Waals surface area contributed by atoms with Crippen molar-refractivity contribution in [1.29, 1.82) is 0 Å². The van der Waals surface area contributed by atoms with Crippen LogP contribution in [-0.2, 0) is 13.7 Å². The monoisotopic (exact) mass is 539 g/mol. The number of hydrogen-bond acceptors (Lipinski definition) is 5. The fourth-order valence-corrected chi connectivity index (χ4v) is 4.78. The predicted molar refractivity (Wildman–Crippen MR) is 144 cm³/mol. The zero-order chi connectivity index (χ0) is 26.6. The zero-order valence-electron chi connectivity index (χ0n) is 21.5. The van der Waals surface area contributed by atoms with Gasteiger partial charge >= 0.3 is 0 Å². The Bertz CT molecular complexity index is 1510. The van der Waals surface area contributed by atoms with E-state index in [1.807, 2.05) is 52.2 Å². The van der Waals surface area contributed by atoms with Gasteiger partial charge in [-0.15, -0.1) is 0 Å². The zero-order valence-corrected chi connectivity index (χ0v) is 23.0. The summed E-state index contributed by atoms with van der Waals surface area (Å²) in [6.07, 6.45) is 1.88. The van der Waals surface area contributed by atoms with Gasteiger partial charge < -0.3 is 14.4 Å². The van der Waals surface area contributed by atoms with Gasteiger partial charge in [0, 0.05) is 52.6 Å². The molecule has 0 N–H and O–H groups in total. The molecule has 0 spiro atoms. The molecule has 0 fully saturated rings. The van der Waals surface area contributed by atoms with Crippen LogP contribution in [-0.4, -0.2) is 50.1 Å². The first-order chi connectivity index (χ1) is 17.5. The Kier molecular flexibility index (Phi) is 6.20. The van der Waals surface area contributed by atoms with E-state index >= 15 is 0 Å². The molecule has 3 heterocycles. The van der Waals surface area contributed by atoms with Gasteiger partial charge in [-0.3, -0.25) is 9.48 Å². The molecule has 1 aliphatic rings. The first-order valence-electron chi connectivity index (χ1n) is 11.7. The van der Waals surface area contributed by atoms with Crippen molar-refractivity contribution in [3.05, 3.63) is 63.9 Å². The molecule has 0 unspecified atom stereocenters. The number of fused-ring (bicyclic) bond motifs is 3. The van der Waals surface area contributed by atoms with Crippen molar-refractivity contribution in [1.82, 2.24) is 24.5 Å². The lowest BCUT2D eigenvalue weighted by molar-refractivity contribution is 0.0644. The summed E-state index contributed by atoms with van der Waals surface area (Å²) < 4.78 is 15.3. The number of halogens is 2. The first kappa shape index (κ1) is 25.2. The average molecular weight is 540 g/mol. The van der Waals surface area contributed by atoms with E-state index in [0.29, 0.717) is 32.9 Å². The number of ether oxygens (including phenoxy) is 2. The lowest BCUT2D eigenvalue weighted by Gasteiger charge is -2.31. The maximum absolute atomic E-state index is 13.6. The average Bonchev–Trinajstić information content (AvgIpc) is 3.45. The Balaban J connectivity index is 1.79. The van der Waals surface area contributed by atoms with Crippen LogP contribution in [0.15, 0.2) is 42.6 Å². The van der Waals surface area contributed by atoms with E-state index in [1.165, 1.54) is 0 Å². The molecule has 0 atom stereocenters. The molecule has 8 nitrogen and oxygen atoms in total. The molecule has 1 aliphatic heterocycles. The Morgan fingerprint density at radius 1 is 1.08 bits per heavy atom. The molecule has 0 bridgehead atoms. The molecule has 4 aromatic rings. The van der Waals surface area contributed by atoms with Crippen molar-refractivity contribution >= 4 is 29.1 Å². The molecule has 37 heavy (non-hydrogen) atoms. The number of hydrogen-bond donors (Lipinski definition) is 0. The standard InChI is InChI=1S/C27H27Cl2N5O3/c1-27(2,3)33(5)26(35)23-25-24(34(31-23)18-11-16(28)10-17(29)12-18)19-13-20(21-7-8-32(4)30-21)22(36-6)9-15(19)14-37-25/h7-13H,14H2,1-6H3. The van der Waals surface area contributed by atoms with Crippen molar-refractivity contribution in [2.45, 2.75) is 32.9 Å². The second-order valence-corrected chi connectivity index (χ2v) is 10.8. The molecule has 0 saturated heterocycles. The summed E-state index contributed by atoms with van der Waals surface area (Å²) in [5.41, 5.74) is 4.35. The van der Waals surface area contributed by atoms with Crippen LogP contribution in [0.4, 0.5) is 0 Å². The van der Waals surface area contributed by atoms with Gasteiger partial charge in [0.2, 0.25) is 0 Å². The fraction of sp³-hybridized carbons (Fsp3) is 0.296. The summed E-state index contributed by atoms with van der Waals surface area (Å²) in [5.74, 6) is 0.824. The molecule has 10 heteroatoms. The number of aromatic nitrogens is 4.